The zero-order chi connectivity index (χ0) is 24.2. The van der Waals surface area contributed by atoms with E-state index in [1.165, 1.54) is 12.1 Å². The predicted molar refractivity (Wildman–Crippen MR) is 124 cm³/mol. The van der Waals surface area contributed by atoms with E-state index in [1.54, 1.807) is 36.4 Å². The summed E-state index contributed by atoms with van der Waals surface area (Å²) in [5, 5.41) is 13.4. The van der Waals surface area contributed by atoms with Crippen molar-refractivity contribution in [1.82, 2.24) is 10.3 Å². The number of ether oxygens (including phenoxy) is 1. The Kier molecular flexibility index (Phi) is 6.30. The van der Waals surface area contributed by atoms with Gasteiger partial charge in [-0.05, 0) is 60.2 Å². The van der Waals surface area contributed by atoms with E-state index in [-0.39, 0.29) is 5.69 Å². The van der Waals surface area contributed by atoms with Crippen LogP contribution in [0.1, 0.15) is 40.0 Å². The van der Waals surface area contributed by atoms with Crippen molar-refractivity contribution in [2.75, 3.05) is 6.61 Å². The number of urea groups is 1. The Morgan fingerprint density at radius 2 is 1.85 bits per heavy atom. The van der Waals surface area contributed by atoms with Crippen LogP contribution in [-0.2, 0) is 16.0 Å². The van der Waals surface area contributed by atoms with Crippen LogP contribution < -0.4 is 11.1 Å². The number of nitrogens with one attached hydrogen (secondary N) is 1. The SMILES string of the molecule is NC(=O)NC(=O)COC(=O)c1c2c(nc3ccccc13)/C(=C/c1ccc([N+](=O)[O-])cc1)CCC2. The van der Waals surface area contributed by atoms with Crippen LogP contribution in [0.4, 0.5) is 10.5 Å². The van der Waals surface area contributed by atoms with E-state index in [4.69, 9.17) is 15.5 Å². The summed E-state index contributed by atoms with van der Waals surface area (Å²) in [7, 11) is 0. The maximum atomic E-state index is 13.1. The molecule has 0 saturated heterocycles. The van der Waals surface area contributed by atoms with Crippen molar-refractivity contribution >= 4 is 46.1 Å². The van der Waals surface area contributed by atoms with E-state index in [1.807, 2.05) is 11.4 Å². The normalized spacial score (nSPS) is 13.8. The Labute approximate surface area is 193 Å². The Morgan fingerprint density at radius 1 is 1.12 bits per heavy atom. The molecule has 10 heteroatoms. The molecule has 0 saturated carbocycles. The first-order chi connectivity index (χ1) is 16.3. The summed E-state index contributed by atoms with van der Waals surface area (Å²) in [6, 6.07) is 12.3. The van der Waals surface area contributed by atoms with Crippen molar-refractivity contribution in [3.63, 3.8) is 0 Å². The molecule has 2 aromatic carbocycles. The average Bonchev–Trinajstić information content (AvgIpc) is 2.81. The van der Waals surface area contributed by atoms with Crippen molar-refractivity contribution in [2.24, 2.45) is 5.73 Å². The molecule has 1 heterocycles. The number of nitro benzene ring substituents is 1. The molecular formula is C24H20N4O6. The lowest BCUT2D eigenvalue weighted by Crippen LogP contribution is -2.37. The first-order valence-electron chi connectivity index (χ1n) is 10.5. The summed E-state index contributed by atoms with van der Waals surface area (Å²) in [5.74, 6) is -1.53. The van der Waals surface area contributed by atoms with Crippen molar-refractivity contribution in [3.8, 4) is 0 Å². The van der Waals surface area contributed by atoms with Gasteiger partial charge in [-0.3, -0.25) is 20.2 Å². The smallest absolute Gasteiger partial charge is 0.339 e. The third-order valence-electron chi connectivity index (χ3n) is 5.42. The molecule has 0 fully saturated rings. The number of benzene rings is 2. The Bertz CT molecular complexity index is 1350. The molecule has 10 nitrogen and oxygen atoms in total. The van der Waals surface area contributed by atoms with Crippen LogP contribution in [0.25, 0.3) is 22.6 Å². The molecule has 0 atom stereocenters. The van der Waals surface area contributed by atoms with Crippen molar-refractivity contribution in [1.29, 1.82) is 0 Å². The van der Waals surface area contributed by atoms with E-state index >= 15 is 0 Å². The van der Waals surface area contributed by atoms with Crippen molar-refractivity contribution < 1.29 is 24.0 Å². The van der Waals surface area contributed by atoms with Crippen LogP contribution >= 0.6 is 0 Å². The Morgan fingerprint density at radius 3 is 2.56 bits per heavy atom. The number of allylic oxidation sites excluding steroid dienone is 1. The van der Waals surface area contributed by atoms with Gasteiger partial charge in [0.2, 0.25) is 0 Å². The molecule has 0 bridgehead atoms. The van der Waals surface area contributed by atoms with Gasteiger partial charge in [0.05, 0.1) is 21.7 Å². The predicted octanol–water partition coefficient (Wildman–Crippen LogP) is 3.37. The fourth-order valence-corrected chi connectivity index (χ4v) is 3.98. The second kappa shape index (κ2) is 9.49. The second-order valence-electron chi connectivity index (χ2n) is 7.69. The van der Waals surface area contributed by atoms with Gasteiger partial charge >= 0.3 is 12.0 Å². The van der Waals surface area contributed by atoms with Crippen LogP contribution in [-0.4, -0.2) is 34.4 Å². The lowest BCUT2D eigenvalue weighted by molar-refractivity contribution is -0.384. The van der Waals surface area contributed by atoms with E-state index in [9.17, 15) is 24.5 Å². The Balaban J connectivity index is 1.75. The maximum Gasteiger partial charge on any atom is 0.339 e. The van der Waals surface area contributed by atoms with E-state index in [2.05, 4.69) is 0 Å². The highest BCUT2D eigenvalue weighted by Gasteiger charge is 2.26. The monoisotopic (exact) mass is 460 g/mol. The summed E-state index contributed by atoms with van der Waals surface area (Å²) in [4.78, 5) is 50.9. The number of rotatable bonds is 5. The fraction of sp³-hybridized carbons (Fsp3) is 0.167. The zero-order valence-electron chi connectivity index (χ0n) is 17.9. The topological polar surface area (TPSA) is 155 Å². The number of pyridine rings is 1. The molecule has 3 N–H and O–H groups in total. The molecule has 3 amide bonds. The number of hydrogen-bond acceptors (Lipinski definition) is 7. The molecule has 4 rings (SSSR count). The van der Waals surface area contributed by atoms with Gasteiger partial charge in [-0.25, -0.2) is 14.6 Å². The zero-order valence-corrected chi connectivity index (χ0v) is 17.9. The highest BCUT2D eigenvalue weighted by atomic mass is 16.6. The minimum absolute atomic E-state index is 0.000664. The lowest BCUT2D eigenvalue weighted by atomic mass is 9.86. The first kappa shape index (κ1) is 22.6. The summed E-state index contributed by atoms with van der Waals surface area (Å²) in [6.07, 6.45) is 3.96. The number of nitro groups is 1. The number of aromatic nitrogens is 1. The second-order valence-corrected chi connectivity index (χ2v) is 7.69. The van der Waals surface area contributed by atoms with Crippen LogP contribution in [0.3, 0.4) is 0 Å². The largest absolute Gasteiger partial charge is 0.452 e. The number of nitrogens with zero attached hydrogens (tertiary/aromatic N) is 2. The van der Waals surface area contributed by atoms with Gasteiger partial charge in [0.25, 0.3) is 11.6 Å². The summed E-state index contributed by atoms with van der Waals surface area (Å²) >= 11 is 0. The number of esters is 1. The van der Waals surface area contributed by atoms with E-state index < -0.39 is 29.4 Å². The number of carbonyl (C=O) groups excluding carboxylic acids is 3. The molecule has 1 aromatic heterocycles. The van der Waals surface area contributed by atoms with Crippen LogP contribution in [0, 0.1) is 10.1 Å². The molecule has 0 aliphatic heterocycles. The maximum absolute atomic E-state index is 13.1. The molecule has 34 heavy (non-hydrogen) atoms. The molecule has 0 unspecified atom stereocenters. The number of imide groups is 1. The fourth-order valence-electron chi connectivity index (χ4n) is 3.98. The number of hydrogen-bond donors (Lipinski definition) is 2. The molecule has 3 aromatic rings. The highest BCUT2D eigenvalue weighted by Crippen LogP contribution is 2.36. The number of primary amides is 1. The minimum atomic E-state index is -1.03. The minimum Gasteiger partial charge on any atom is -0.452 e. The quantitative estimate of drug-likeness (QED) is 0.336. The highest BCUT2D eigenvalue weighted by molar-refractivity contribution is 6.07. The molecule has 1 aliphatic carbocycles. The number of nitrogens with two attached hydrogens (primary N) is 1. The Hall–Kier alpha value is -4.60. The number of non-ortho nitro benzene ring substituents is 1. The van der Waals surface area contributed by atoms with E-state index in [0.717, 1.165) is 17.6 Å². The van der Waals surface area contributed by atoms with E-state index in [0.29, 0.717) is 40.6 Å². The first-order valence-corrected chi connectivity index (χ1v) is 10.5. The van der Waals surface area contributed by atoms with Crippen molar-refractivity contribution in [3.05, 3.63) is 81.0 Å². The summed E-state index contributed by atoms with van der Waals surface area (Å²) < 4.78 is 5.18. The van der Waals surface area contributed by atoms with Crippen LogP contribution in [0.15, 0.2) is 48.5 Å². The lowest BCUT2D eigenvalue weighted by Gasteiger charge is -2.22. The van der Waals surface area contributed by atoms with Gasteiger partial charge in [-0.2, -0.15) is 0 Å². The van der Waals surface area contributed by atoms with Gasteiger partial charge in [-0.15, -0.1) is 0 Å². The van der Waals surface area contributed by atoms with Gasteiger partial charge in [-0.1, -0.05) is 18.2 Å². The molecule has 172 valence electrons. The number of para-hydroxylation sites is 1. The number of amides is 3. The average molecular weight is 460 g/mol. The molecular weight excluding hydrogens is 440 g/mol. The number of fused-ring (bicyclic) bond motifs is 2. The third-order valence-corrected chi connectivity index (χ3v) is 5.42. The number of carbonyl (C=O) groups is 3. The molecule has 0 radical (unpaired) electrons. The van der Waals surface area contributed by atoms with Gasteiger partial charge in [0.15, 0.2) is 6.61 Å². The third kappa shape index (κ3) is 4.75. The molecule has 1 aliphatic rings. The van der Waals surface area contributed by atoms with Gasteiger partial charge in [0.1, 0.15) is 0 Å². The molecule has 0 spiro atoms. The van der Waals surface area contributed by atoms with Crippen molar-refractivity contribution in [2.45, 2.75) is 19.3 Å². The standard InChI is InChI=1S/C24H20N4O6/c25-24(31)27-20(29)13-34-23(30)21-17-5-1-2-7-19(17)26-22-15(4-3-6-18(21)22)12-14-8-10-16(11-9-14)28(32)33/h1-2,5,7-12H,3-4,6,13H2,(H3,25,27,29,31)/b15-12+. The van der Waals surface area contributed by atoms with Gasteiger partial charge < -0.3 is 10.5 Å². The van der Waals surface area contributed by atoms with Crippen LogP contribution in [0.2, 0.25) is 0 Å². The summed E-state index contributed by atoms with van der Waals surface area (Å²) in [6.45, 7) is -0.654. The summed E-state index contributed by atoms with van der Waals surface area (Å²) in [5.41, 5.74) is 8.85. The van der Waals surface area contributed by atoms with Gasteiger partial charge in [0, 0.05) is 17.5 Å². The van der Waals surface area contributed by atoms with Crippen LogP contribution in [0.5, 0.6) is 0 Å².